The second-order valence-electron chi connectivity index (χ2n) is 8.23. The number of benzene rings is 1. The Kier molecular flexibility index (Phi) is 4.54. The van der Waals surface area contributed by atoms with Gasteiger partial charge in [0.05, 0.1) is 24.2 Å². The molecule has 0 saturated carbocycles. The van der Waals surface area contributed by atoms with Gasteiger partial charge in [-0.05, 0) is 26.3 Å². The van der Waals surface area contributed by atoms with E-state index < -0.39 is 5.60 Å². The average Bonchev–Trinajstić information content (AvgIpc) is 3.33. The SMILES string of the molecule is CCn1nc2n(c1=O)CC1(CCN(C(=O)Cn3nc(C)c4ccccc4c3=O)C1)OC2. The van der Waals surface area contributed by atoms with Crippen molar-refractivity contribution < 1.29 is 9.53 Å². The van der Waals surface area contributed by atoms with E-state index in [4.69, 9.17) is 4.74 Å². The van der Waals surface area contributed by atoms with E-state index in [1.54, 1.807) is 21.6 Å². The van der Waals surface area contributed by atoms with Gasteiger partial charge in [0.15, 0.2) is 5.82 Å². The van der Waals surface area contributed by atoms with Gasteiger partial charge >= 0.3 is 5.69 Å². The summed E-state index contributed by atoms with van der Waals surface area (Å²) in [7, 11) is 0. The van der Waals surface area contributed by atoms with Gasteiger partial charge in [0.2, 0.25) is 5.91 Å². The number of aromatic nitrogens is 5. The number of rotatable bonds is 3. The van der Waals surface area contributed by atoms with Crippen molar-refractivity contribution in [3.05, 3.63) is 56.6 Å². The van der Waals surface area contributed by atoms with Crippen molar-refractivity contribution in [1.29, 1.82) is 0 Å². The van der Waals surface area contributed by atoms with Gasteiger partial charge in [-0.2, -0.15) is 10.2 Å². The predicted octanol–water partition coefficient (Wildman–Crippen LogP) is 0.285. The van der Waals surface area contributed by atoms with Crippen LogP contribution in [0.25, 0.3) is 10.8 Å². The second-order valence-corrected chi connectivity index (χ2v) is 8.23. The zero-order chi connectivity index (χ0) is 21.8. The first-order chi connectivity index (χ1) is 14.9. The summed E-state index contributed by atoms with van der Waals surface area (Å²) in [5, 5.41) is 9.97. The summed E-state index contributed by atoms with van der Waals surface area (Å²) in [5.41, 5.74) is -0.324. The van der Waals surface area contributed by atoms with Crippen LogP contribution in [0.2, 0.25) is 0 Å². The standard InChI is InChI=1S/C21H24N6O4/c1-3-26-20(30)25-13-21(31-11-17(25)23-26)8-9-24(12-21)18(28)10-27-19(29)16-7-5-4-6-15(16)14(2)22-27/h4-7H,3,8-13H2,1-2H3. The summed E-state index contributed by atoms with van der Waals surface area (Å²) in [6.45, 7) is 5.57. The number of aryl methyl sites for hydroxylation is 2. The van der Waals surface area contributed by atoms with Crippen LogP contribution in [0, 0.1) is 6.92 Å². The van der Waals surface area contributed by atoms with Gasteiger partial charge in [0.25, 0.3) is 5.56 Å². The van der Waals surface area contributed by atoms with E-state index in [-0.39, 0.29) is 30.3 Å². The third-order valence-corrected chi connectivity index (χ3v) is 6.26. The number of nitrogens with zero attached hydrogens (tertiary/aromatic N) is 6. The van der Waals surface area contributed by atoms with Gasteiger partial charge < -0.3 is 9.64 Å². The van der Waals surface area contributed by atoms with Crippen molar-refractivity contribution in [1.82, 2.24) is 29.0 Å². The molecule has 5 rings (SSSR count). The summed E-state index contributed by atoms with van der Waals surface area (Å²) >= 11 is 0. The van der Waals surface area contributed by atoms with Gasteiger partial charge in [-0.15, -0.1) is 0 Å². The zero-order valence-electron chi connectivity index (χ0n) is 17.6. The summed E-state index contributed by atoms with van der Waals surface area (Å²) < 4.78 is 10.4. The highest BCUT2D eigenvalue weighted by Gasteiger charge is 2.45. The molecule has 1 atom stereocenters. The van der Waals surface area contributed by atoms with E-state index in [0.717, 1.165) is 5.39 Å². The van der Waals surface area contributed by atoms with Crippen LogP contribution in [0.15, 0.2) is 33.9 Å². The third-order valence-electron chi connectivity index (χ3n) is 6.26. The van der Waals surface area contributed by atoms with E-state index in [1.807, 2.05) is 26.0 Å². The summed E-state index contributed by atoms with van der Waals surface area (Å²) in [5.74, 6) is 0.428. The molecule has 31 heavy (non-hydrogen) atoms. The molecule has 0 N–H and O–H groups in total. The first kappa shape index (κ1) is 19.7. The topological polar surface area (TPSA) is 104 Å². The molecule has 1 saturated heterocycles. The van der Waals surface area contributed by atoms with Crippen molar-refractivity contribution in [2.45, 2.75) is 52.1 Å². The Balaban J connectivity index is 1.35. The molecule has 4 heterocycles. The molecule has 1 unspecified atom stereocenters. The Morgan fingerprint density at radius 2 is 1.90 bits per heavy atom. The molecular formula is C21H24N6O4. The van der Waals surface area contributed by atoms with E-state index in [2.05, 4.69) is 10.2 Å². The van der Waals surface area contributed by atoms with E-state index in [0.29, 0.717) is 49.5 Å². The van der Waals surface area contributed by atoms with Crippen molar-refractivity contribution >= 4 is 16.7 Å². The molecular weight excluding hydrogens is 400 g/mol. The minimum absolute atomic E-state index is 0.125. The number of carbonyl (C=O) groups is 1. The molecule has 10 heteroatoms. The van der Waals surface area contributed by atoms with E-state index in [1.165, 1.54) is 9.36 Å². The van der Waals surface area contributed by atoms with E-state index in [9.17, 15) is 14.4 Å². The highest BCUT2D eigenvalue weighted by Crippen LogP contribution is 2.31. The zero-order valence-corrected chi connectivity index (χ0v) is 17.6. The lowest BCUT2D eigenvalue weighted by Gasteiger charge is -2.33. The largest absolute Gasteiger partial charge is 0.363 e. The minimum atomic E-state index is -0.605. The lowest BCUT2D eigenvalue weighted by molar-refractivity contribution is -0.134. The van der Waals surface area contributed by atoms with Crippen LogP contribution in [-0.2, 0) is 35.8 Å². The molecule has 2 aromatic heterocycles. The normalized spacial score (nSPS) is 20.5. The van der Waals surface area contributed by atoms with Crippen LogP contribution < -0.4 is 11.2 Å². The van der Waals surface area contributed by atoms with Gasteiger partial charge in [0.1, 0.15) is 18.8 Å². The first-order valence-corrected chi connectivity index (χ1v) is 10.5. The van der Waals surface area contributed by atoms with Crippen molar-refractivity contribution in [3.8, 4) is 0 Å². The summed E-state index contributed by atoms with van der Waals surface area (Å²) in [4.78, 5) is 40.0. The second kappa shape index (κ2) is 7.16. The minimum Gasteiger partial charge on any atom is -0.363 e. The molecule has 162 valence electrons. The molecule has 10 nitrogen and oxygen atoms in total. The average molecular weight is 424 g/mol. The third kappa shape index (κ3) is 3.18. The number of ether oxygens (including phenoxy) is 1. The van der Waals surface area contributed by atoms with Crippen LogP contribution >= 0.6 is 0 Å². The maximum atomic E-state index is 13.0. The summed E-state index contributed by atoms with van der Waals surface area (Å²) in [6.07, 6.45) is 0.626. The van der Waals surface area contributed by atoms with Gasteiger partial charge in [0, 0.05) is 18.5 Å². The fourth-order valence-corrected chi connectivity index (χ4v) is 4.55. The molecule has 3 aromatic rings. The molecule has 2 aliphatic rings. The lowest BCUT2D eigenvalue weighted by atomic mass is 10.0. The number of fused-ring (bicyclic) bond motifs is 2. The first-order valence-electron chi connectivity index (χ1n) is 10.5. The fraction of sp³-hybridized carbons (Fsp3) is 0.476. The molecule has 1 spiro atoms. The number of hydrogen-bond donors (Lipinski definition) is 0. The molecule has 0 bridgehead atoms. The molecule has 0 radical (unpaired) electrons. The highest BCUT2D eigenvalue weighted by molar-refractivity contribution is 5.83. The van der Waals surface area contributed by atoms with Crippen LogP contribution in [0.4, 0.5) is 0 Å². The maximum absolute atomic E-state index is 13.0. The molecule has 0 aliphatic carbocycles. The lowest BCUT2D eigenvalue weighted by Crippen LogP contribution is -2.47. The fourth-order valence-electron chi connectivity index (χ4n) is 4.55. The number of amides is 1. The van der Waals surface area contributed by atoms with E-state index >= 15 is 0 Å². The predicted molar refractivity (Wildman–Crippen MR) is 112 cm³/mol. The van der Waals surface area contributed by atoms with Crippen LogP contribution in [0.5, 0.6) is 0 Å². The van der Waals surface area contributed by atoms with Gasteiger partial charge in [-0.3, -0.25) is 14.2 Å². The smallest absolute Gasteiger partial charge is 0.346 e. The van der Waals surface area contributed by atoms with Crippen molar-refractivity contribution in [2.75, 3.05) is 13.1 Å². The Bertz CT molecular complexity index is 1310. The Morgan fingerprint density at radius 1 is 1.13 bits per heavy atom. The Morgan fingerprint density at radius 3 is 2.68 bits per heavy atom. The molecule has 1 amide bonds. The summed E-state index contributed by atoms with van der Waals surface area (Å²) in [6, 6.07) is 7.27. The highest BCUT2D eigenvalue weighted by atomic mass is 16.5. The van der Waals surface area contributed by atoms with Crippen LogP contribution in [0.1, 0.15) is 24.9 Å². The van der Waals surface area contributed by atoms with Gasteiger partial charge in [-0.25, -0.2) is 14.2 Å². The number of carbonyl (C=O) groups excluding carboxylic acids is 1. The van der Waals surface area contributed by atoms with Crippen molar-refractivity contribution in [2.24, 2.45) is 0 Å². The number of hydrogen-bond acceptors (Lipinski definition) is 6. The molecule has 2 aliphatic heterocycles. The Labute approximate surface area is 177 Å². The van der Waals surface area contributed by atoms with Crippen molar-refractivity contribution in [3.63, 3.8) is 0 Å². The van der Waals surface area contributed by atoms with Crippen LogP contribution in [0.3, 0.4) is 0 Å². The monoisotopic (exact) mass is 424 g/mol. The maximum Gasteiger partial charge on any atom is 0.346 e. The molecule has 1 aromatic carbocycles. The quantitative estimate of drug-likeness (QED) is 0.598. The van der Waals surface area contributed by atoms with Crippen LogP contribution in [-0.4, -0.2) is 53.6 Å². The van der Waals surface area contributed by atoms with Gasteiger partial charge in [-0.1, -0.05) is 18.2 Å². The Hall–Kier alpha value is -3.27. The number of likely N-dealkylation sites (tertiary alicyclic amines) is 1. The molecule has 1 fully saturated rings.